The maximum absolute atomic E-state index is 12.0. The Bertz CT molecular complexity index is 611. The zero-order valence-corrected chi connectivity index (χ0v) is 14.5. The van der Waals surface area contributed by atoms with Crippen LogP contribution in [0, 0.1) is 0 Å². The number of benzene rings is 2. The summed E-state index contributed by atoms with van der Waals surface area (Å²) >= 11 is 0. The molecule has 4 nitrogen and oxygen atoms in total. The van der Waals surface area contributed by atoms with Gasteiger partial charge >= 0.3 is 0 Å². The number of para-hydroxylation sites is 1. The molecule has 0 bridgehead atoms. The first-order chi connectivity index (χ1) is 11.7. The third-order valence-corrected chi connectivity index (χ3v) is 4.01. The molecule has 0 atom stereocenters. The second kappa shape index (κ2) is 9.60. The fourth-order valence-electron chi connectivity index (χ4n) is 2.57. The van der Waals surface area contributed by atoms with E-state index in [-0.39, 0.29) is 5.91 Å². The van der Waals surface area contributed by atoms with E-state index in [1.165, 1.54) is 5.56 Å². The summed E-state index contributed by atoms with van der Waals surface area (Å²) in [6.07, 6.45) is 1.33. The van der Waals surface area contributed by atoms with Crippen LogP contribution in [0.1, 0.15) is 18.9 Å². The molecule has 0 fully saturated rings. The summed E-state index contributed by atoms with van der Waals surface area (Å²) in [7, 11) is 1.66. The van der Waals surface area contributed by atoms with E-state index in [0.717, 1.165) is 30.9 Å². The number of anilines is 1. The van der Waals surface area contributed by atoms with Crippen molar-refractivity contribution in [3.63, 3.8) is 0 Å². The summed E-state index contributed by atoms with van der Waals surface area (Å²) in [4.78, 5) is 14.2. The predicted octanol–water partition coefficient (Wildman–Crippen LogP) is 3.27. The number of hydrogen-bond donors (Lipinski definition) is 1. The van der Waals surface area contributed by atoms with Crippen LogP contribution < -0.4 is 15.0 Å². The van der Waals surface area contributed by atoms with E-state index in [1.54, 1.807) is 7.11 Å². The Kier molecular flexibility index (Phi) is 7.15. The van der Waals surface area contributed by atoms with Crippen LogP contribution >= 0.6 is 0 Å². The van der Waals surface area contributed by atoms with E-state index in [1.807, 2.05) is 42.5 Å². The number of carbonyl (C=O) groups excluding carboxylic acids is 1. The average molecular weight is 326 g/mol. The topological polar surface area (TPSA) is 41.6 Å². The Labute approximate surface area is 144 Å². The molecule has 4 heteroatoms. The van der Waals surface area contributed by atoms with Gasteiger partial charge in [-0.2, -0.15) is 0 Å². The van der Waals surface area contributed by atoms with Gasteiger partial charge in [0, 0.05) is 31.7 Å². The molecule has 0 aliphatic rings. The Morgan fingerprint density at radius 2 is 1.79 bits per heavy atom. The van der Waals surface area contributed by atoms with Crippen molar-refractivity contribution in [2.45, 2.75) is 19.8 Å². The van der Waals surface area contributed by atoms with Gasteiger partial charge in [-0.05, 0) is 43.2 Å². The minimum atomic E-state index is 0.0953. The normalized spacial score (nSPS) is 10.2. The highest BCUT2D eigenvalue weighted by molar-refractivity contribution is 5.76. The highest BCUT2D eigenvalue weighted by Crippen LogP contribution is 2.13. The Morgan fingerprint density at radius 3 is 2.42 bits per heavy atom. The van der Waals surface area contributed by atoms with Crippen molar-refractivity contribution in [1.82, 2.24) is 5.32 Å². The van der Waals surface area contributed by atoms with Crippen molar-refractivity contribution in [2.75, 3.05) is 31.6 Å². The largest absolute Gasteiger partial charge is 0.497 e. The molecule has 0 aromatic heterocycles. The molecule has 24 heavy (non-hydrogen) atoms. The van der Waals surface area contributed by atoms with Crippen LogP contribution in [0.2, 0.25) is 0 Å². The van der Waals surface area contributed by atoms with Crippen LogP contribution in [-0.4, -0.2) is 32.7 Å². The Balaban J connectivity index is 1.70. The molecule has 1 amide bonds. The number of ether oxygens (including phenoxy) is 1. The lowest BCUT2D eigenvalue weighted by molar-refractivity contribution is -0.120. The molecule has 0 saturated carbocycles. The van der Waals surface area contributed by atoms with E-state index < -0.39 is 0 Å². The highest BCUT2D eigenvalue weighted by Gasteiger charge is 2.07. The minimum absolute atomic E-state index is 0.0953. The number of nitrogens with one attached hydrogen (secondary N) is 1. The van der Waals surface area contributed by atoms with Gasteiger partial charge in [-0.25, -0.2) is 0 Å². The summed E-state index contributed by atoms with van der Waals surface area (Å²) in [6.45, 7) is 4.38. The molecule has 0 saturated heterocycles. The maximum Gasteiger partial charge on any atom is 0.221 e. The standard InChI is InChI=1S/C20H26N2O2/c1-3-22(18-7-5-4-6-8-18)16-14-20(23)21-15-13-17-9-11-19(24-2)12-10-17/h4-12H,3,13-16H2,1-2H3,(H,21,23). The number of nitrogens with zero attached hydrogens (tertiary/aromatic N) is 1. The van der Waals surface area contributed by atoms with E-state index in [0.29, 0.717) is 13.0 Å². The number of carbonyl (C=O) groups is 1. The highest BCUT2D eigenvalue weighted by atomic mass is 16.5. The SMILES string of the molecule is CCN(CCC(=O)NCCc1ccc(OC)cc1)c1ccccc1. The van der Waals surface area contributed by atoms with E-state index in [2.05, 4.69) is 29.3 Å². The van der Waals surface area contributed by atoms with Gasteiger partial charge in [-0.3, -0.25) is 4.79 Å². The third kappa shape index (κ3) is 5.61. The maximum atomic E-state index is 12.0. The molecule has 0 unspecified atom stereocenters. The fourth-order valence-corrected chi connectivity index (χ4v) is 2.57. The quantitative estimate of drug-likeness (QED) is 0.769. The summed E-state index contributed by atoms with van der Waals surface area (Å²) in [5, 5.41) is 2.99. The molecule has 1 N–H and O–H groups in total. The van der Waals surface area contributed by atoms with Crippen LogP contribution in [-0.2, 0) is 11.2 Å². The van der Waals surface area contributed by atoms with Crippen molar-refractivity contribution >= 4 is 11.6 Å². The lowest BCUT2D eigenvalue weighted by Gasteiger charge is -2.22. The monoisotopic (exact) mass is 326 g/mol. The smallest absolute Gasteiger partial charge is 0.221 e. The van der Waals surface area contributed by atoms with Crippen molar-refractivity contribution in [1.29, 1.82) is 0 Å². The molecular weight excluding hydrogens is 300 g/mol. The van der Waals surface area contributed by atoms with Crippen molar-refractivity contribution in [3.8, 4) is 5.75 Å². The van der Waals surface area contributed by atoms with Crippen molar-refractivity contribution in [3.05, 3.63) is 60.2 Å². The molecule has 128 valence electrons. The first-order valence-corrected chi connectivity index (χ1v) is 8.42. The van der Waals surface area contributed by atoms with Crippen LogP contribution in [0.25, 0.3) is 0 Å². The van der Waals surface area contributed by atoms with E-state index in [9.17, 15) is 4.79 Å². The van der Waals surface area contributed by atoms with Crippen LogP contribution in [0.5, 0.6) is 5.75 Å². The van der Waals surface area contributed by atoms with Crippen LogP contribution in [0.15, 0.2) is 54.6 Å². The summed E-state index contributed by atoms with van der Waals surface area (Å²) < 4.78 is 5.14. The molecule has 2 rings (SSSR count). The molecular formula is C20H26N2O2. The number of rotatable bonds is 9. The van der Waals surface area contributed by atoms with Gasteiger partial charge in [-0.15, -0.1) is 0 Å². The molecule has 0 aliphatic carbocycles. The molecule has 0 spiro atoms. The number of methoxy groups -OCH3 is 1. The second-order valence-electron chi connectivity index (χ2n) is 5.61. The van der Waals surface area contributed by atoms with E-state index in [4.69, 9.17) is 4.74 Å². The van der Waals surface area contributed by atoms with Gasteiger partial charge in [0.15, 0.2) is 0 Å². The average Bonchev–Trinajstić information content (AvgIpc) is 2.64. The fraction of sp³-hybridized carbons (Fsp3) is 0.350. The van der Waals surface area contributed by atoms with Gasteiger partial charge in [0.1, 0.15) is 5.75 Å². The molecule has 0 aliphatic heterocycles. The number of hydrogen-bond acceptors (Lipinski definition) is 3. The van der Waals surface area contributed by atoms with E-state index >= 15 is 0 Å². The first kappa shape index (κ1) is 17.9. The molecule has 0 radical (unpaired) electrons. The summed E-state index contributed by atoms with van der Waals surface area (Å²) in [5.41, 5.74) is 2.35. The lowest BCUT2D eigenvalue weighted by Crippen LogP contribution is -2.31. The van der Waals surface area contributed by atoms with Crippen LogP contribution in [0.3, 0.4) is 0 Å². The molecule has 2 aromatic rings. The Morgan fingerprint density at radius 1 is 1.08 bits per heavy atom. The van der Waals surface area contributed by atoms with Gasteiger partial charge < -0.3 is 15.0 Å². The van der Waals surface area contributed by atoms with Gasteiger partial charge in [0.25, 0.3) is 0 Å². The summed E-state index contributed by atoms with van der Waals surface area (Å²) in [6, 6.07) is 18.1. The third-order valence-electron chi connectivity index (χ3n) is 4.01. The predicted molar refractivity (Wildman–Crippen MR) is 98.7 cm³/mol. The zero-order valence-electron chi connectivity index (χ0n) is 14.5. The van der Waals surface area contributed by atoms with Crippen molar-refractivity contribution in [2.24, 2.45) is 0 Å². The lowest BCUT2D eigenvalue weighted by atomic mass is 10.1. The van der Waals surface area contributed by atoms with Crippen LogP contribution in [0.4, 0.5) is 5.69 Å². The summed E-state index contributed by atoms with van der Waals surface area (Å²) in [5.74, 6) is 0.946. The van der Waals surface area contributed by atoms with Gasteiger partial charge in [-0.1, -0.05) is 30.3 Å². The second-order valence-corrected chi connectivity index (χ2v) is 5.61. The van der Waals surface area contributed by atoms with Crippen molar-refractivity contribution < 1.29 is 9.53 Å². The zero-order chi connectivity index (χ0) is 17.2. The van der Waals surface area contributed by atoms with Gasteiger partial charge in [0.2, 0.25) is 5.91 Å². The first-order valence-electron chi connectivity index (χ1n) is 8.42. The molecule has 0 heterocycles. The molecule has 2 aromatic carbocycles. The Hall–Kier alpha value is -2.49. The minimum Gasteiger partial charge on any atom is -0.497 e. The number of amides is 1. The van der Waals surface area contributed by atoms with Gasteiger partial charge in [0.05, 0.1) is 7.11 Å².